The Morgan fingerprint density at radius 2 is 2.19 bits per heavy atom. The normalized spacial score (nSPS) is 16.3. The Balaban J connectivity index is 1.71. The lowest BCUT2D eigenvalue weighted by molar-refractivity contribution is -0.140. The first-order valence-electron chi connectivity index (χ1n) is 8.86. The van der Waals surface area contributed by atoms with Crippen LogP contribution in [0.3, 0.4) is 0 Å². The molecule has 0 saturated carbocycles. The zero-order valence-corrected chi connectivity index (χ0v) is 16.0. The standard InChI is InChI=1S/C19H23N3O4S/c1-25-18(24)11-20-17(23)13-27-19-21-10-16(14-6-3-2-4-7-14)22(19)12-15-8-5-9-26-15/h2-4,6-7,10,15H,5,8-9,11-13H2,1H3,(H,20,23)/t15-/m1/s1. The lowest BCUT2D eigenvalue weighted by Crippen LogP contribution is -2.31. The number of hydrogen-bond donors (Lipinski definition) is 1. The van der Waals surface area contributed by atoms with E-state index in [9.17, 15) is 9.59 Å². The Morgan fingerprint density at radius 1 is 1.37 bits per heavy atom. The van der Waals surface area contributed by atoms with Gasteiger partial charge in [0.1, 0.15) is 6.54 Å². The molecule has 1 aliphatic heterocycles. The van der Waals surface area contributed by atoms with Crippen LogP contribution in [0.25, 0.3) is 11.3 Å². The van der Waals surface area contributed by atoms with E-state index in [1.165, 1.54) is 18.9 Å². The lowest BCUT2D eigenvalue weighted by Gasteiger charge is -2.16. The van der Waals surface area contributed by atoms with Crippen LogP contribution >= 0.6 is 11.8 Å². The highest BCUT2D eigenvalue weighted by molar-refractivity contribution is 7.99. The Labute approximate surface area is 162 Å². The van der Waals surface area contributed by atoms with E-state index in [0.29, 0.717) is 6.54 Å². The molecule has 8 heteroatoms. The van der Waals surface area contributed by atoms with E-state index in [4.69, 9.17) is 4.74 Å². The summed E-state index contributed by atoms with van der Waals surface area (Å²) in [5.74, 6) is -0.536. The zero-order chi connectivity index (χ0) is 19.1. The number of amides is 1. The van der Waals surface area contributed by atoms with E-state index in [-0.39, 0.29) is 24.3 Å². The molecule has 27 heavy (non-hydrogen) atoms. The summed E-state index contributed by atoms with van der Waals surface area (Å²) in [4.78, 5) is 27.6. The fraction of sp³-hybridized carbons (Fsp3) is 0.421. The molecular weight excluding hydrogens is 366 g/mol. The van der Waals surface area contributed by atoms with E-state index in [1.54, 1.807) is 0 Å². The summed E-state index contributed by atoms with van der Waals surface area (Å²) in [6.07, 6.45) is 4.09. The maximum absolute atomic E-state index is 12.0. The number of rotatable bonds is 8. The summed E-state index contributed by atoms with van der Waals surface area (Å²) in [6, 6.07) is 10.0. The zero-order valence-electron chi connectivity index (χ0n) is 15.2. The van der Waals surface area contributed by atoms with Crippen molar-refractivity contribution in [2.45, 2.75) is 30.6 Å². The number of esters is 1. The van der Waals surface area contributed by atoms with Gasteiger partial charge in [-0.1, -0.05) is 42.1 Å². The van der Waals surface area contributed by atoms with Crippen LogP contribution in [0.1, 0.15) is 12.8 Å². The Morgan fingerprint density at radius 3 is 2.89 bits per heavy atom. The third kappa shape index (κ3) is 5.33. The largest absolute Gasteiger partial charge is 0.468 e. The second-order valence-corrected chi connectivity index (χ2v) is 7.12. The molecule has 1 atom stereocenters. The summed E-state index contributed by atoms with van der Waals surface area (Å²) >= 11 is 1.35. The Kier molecular flexibility index (Phi) is 6.89. The lowest BCUT2D eigenvalue weighted by atomic mass is 10.1. The molecule has 0 aliphatic carbocycles. The molecule has 1 aromatic heterocycles. The SMILES string of the molecule is COC(=O)CNC(=O)CSc1ncc(-c2ccccc2)n1C[C@H]1CCCO1. The van der Waals surface area contributed by atoms with Crippen molar-refractivity contribution in [3.05, 3.63) is 36.5 Å². The van der Waals surface area contributed by atoms with E-state index in [2.05, 4.69) is 19.6 Å². The van der Waals surface area contributed by atoms with Crippen LogP contribution in [-0.4, -0.2) is 53.5 Å². The summed E-state index contributed by atoms with van der Waals surface area (Å²) in [5, 5.41) is 3.30. The molecule has 1 N–H and O–H groups in total. The van der Waals surface area contributed by atoms with Crippen LogP contribution in [-0.2, 0) is 25.6 Å². The van der Waals surface area contributed by atoms with Gasteiger partial charge in [-0.2, -0.15) is 0 Å². The third-order valence-corrected chi connectivity index (χ3v) is 5.28. The van der Waals surface area contributed by atoms with Crippen molar-refractivity contribution in [1.29, 1.82) is 0 Å². The van der Waals surface area contributed by atoms with Gasteiger partial charge in [0.25, 0.3) is 0 Å². The van der Waals surface area contributed by atoms with Gasteiger partial charge < -0.3 is 19.4 Å². The minimum Gasteiger partial charge on any atom is -0.468 e. The predicted octanol–water partition coefficient (Wildman–Crippen LogP) is 2.11. The summed E-state index contributed by atoms with van der Waals surface area (Å²) in [6.45, 7) is 1.37. The molecule has 1 amide bonds. The number of carbonyl (C=O) groups excluding carboxylic acids is 2. The minimum atomic E-state index is -0.473. The molecule has 0 spiro atoms. The second kappa shape index (κ2) is 9.57. The van der Waals surface area contributed by atoms with Gasteiger partial charge >= 0.3 is 5.97 Å². The summed E-state index contributed by atoms with van der Waals surface area (Å²) < 4.78 is 12.4. The number of methoxy groups -OCH3 is 1. The van der Waals surface area contributed by atoms with Crippen LogP contribution < -0.4 is 5.32 Å². The molecular formula is C19H23N3O4S. The van der Waals surface area contributed by atoms with Gasteiger partial charge in [0, 0.05) is 6.61 Å². The number of hydrogen-bond acceptors (Lipinski definition) is 6. The minimum absolute atomic E-state index is 0.129. The number of nitrogens with one attached hydrogen (secondary N) is 1. The van der Waals surface area contributed by atoms with Gasteiger partial charge in [-0.3, -0.25) is 9.59 Å². The number of nitrogens with zero attached hydrogens (tertiary/aromatic N) is 2. The molecule has 2 aromatic rings. The molecule has 1 aromatic carbocycles. The van der Waals surface area contributed by atoms with Gasteiger partial charge in [-0.15, -0.1) is 0 Å². The molecule has 1 fully saturated rings. The van der Waals surface area contributed by atoms with Crippen LogP contribution in [0.5, 0.6) is 0 Å². The topological polar surface area (TPSA) is 82.5 Å². The number of aromatic nitrogens is 2. The molecule has 2 heterocycles. The average molecular weight is 389 g/mol. The van der Waals surface area contributed by atoms with Crippen LogP contribution in [0, 0.1) is 0 Å². The third-order valence-electron chi connectivity index (χ3n) is 4.29. The van der Waals surface area contributed by atoms with Crippen molar-refractivity contribution in [2.24, 2.45) is 0 Å². The van der Waals surface area contributed by atoms with Crippen molar-refractivity contribution in [2.75, 3.05) is 26.0 Å². The number of carbonyl (C=O) groups is 2. The molecule has 3 rings (SSSR count). The first kappa shape index (κ1) is 19.4. The Hall–Kier alpha value is -2.32. The summed E-state index contributed by atoms with van der Waals surface area (Å²) in [7, 11) is 1.29. The number of benzene rings is 1. The van der Waals surface area contributed by atoms with Crippen LogP contribution in [0.4, 0.5) is 0 Å². The van der Waals surface area contributed by atoms with Gasteiger partial charge in [0.05, 0.1) is 37.4 Å². The smallest absolute Gasteiger partial charge is 0.325 e. The highest BCUT2D eigenvalue weighted by Gasteiger charge is 2.21. The Bertz CT molecular complexity index is 773. The fourth-order valence-electron chi connectivity index (χ4n) is 2.91. The molecule has 1 aliphatic rings. The molecule has 7 nitrogen and oxygen atoms in total. The van der Waals surface area contributed by atoms with Crippen molar-refractivity contribution < 1.29 is 19.1 Å². The summed E-state index contributed by atoms with van der Waals surface area (Å²) in [5.41, 5.74) is 2.08. The second-order valence-electron chi connectivity index (χ2n) is 6.18. The maximum Gasteiger partial charge on any atom is 0.325 e. The van der Waals surface area contributed by atoms with E-state index in [1.807, 2.05) is 36.5 Å². The number of thioether (sulfide) groups is 1. The fourth-order valence-corrected chi connectivity index (χ4v) is 3.72. The predicted molar refractivity (Wildman–Crippen MR) is 102 cm³/mol. The highest BCUT2D eigenvalue weighted by atomic mass is 32.2. The van der Waals surface area contributed by atoms with Crippen LogP contribution in [0.2, 0.25) is 0 Å². The monoisotopic (exact) mass is 389 g/mol. The van der Waals surface area contributed by atoms with Gasteiger partial charge in [0.15, 0.2) is 5.16 Å². The molecule has 144 valence electrons. The molecule has 0 bridgehead atoms. The van der Waals surface area contributed by atoms with E-state index in [0.717, 1.165) is 35.9 Å². The molecule has 0 radical (unpaired) electrons. The van der Waals surface area contributed by atoms with Gasteiger partial charge in [-0.25, -0.2) is 4.98 Å². The van der Waals surface area contributed by atoms with Crippen molar-refractivity contribution in [3.63, 3.8) is 0 Å². The molecule has 1 saturated heterocycles. The van der Waals surface area contributed by atoms with Gasteiger partial charge in [-0.05, 0) is 18.4 Å². The highest BCUT2D eigenvalue weighted by Crippen LogP contribution is 2.28. The van der Waals surface area contributed by atoms with Crippen molar-refractivity contribution in [3.8, 4) is 11.3 Å². The maximum atomic E-state index is 12.0. The van der Waals surface area contributed by atoms with Gasteiger partial charge in [0.2, 0.25) is 5.91 Å². The van der Waals surface area contributed by atoms with Crippen molar-refractivity contribution >= 4 is 23.6 Å². The number of ether oxygens (including phenoxy) is 2. The number of imidazole rings is 1. The molecule has 0 unspecified atom stereocenters. The average Bonchev–Trinajstić information content (AvgIpc) is 3.35. The van der Waals surface area contributed by atoms with Crippen LogP contribution in [0.15, 0.2) is 41.7 Å². The quantitative estimate of drug-likeness (QED) is 0.550. The first-order valence-corrected chi connectivity index (χ1v) is 9.85. The first-order chi connectivity index (χ1) is 13.2. The van der Waals surface area contributed by atoms with E-state index < -0.39 is 5.97 Å². The van der Waals surface area contributed by atoms with E-state index >= 15 is 0 Å². The van der Waals surface area contributed by atoms with Crippen molar-refractivity contribution in [1.82, 2.24) is 14.9 Å².